The lowest BCUT2D eigenvalue weighted by Gasteiger charge is -2.17. The second-order valence-electron chi connectivity index (χ2n) is 4.35. The molecule has 1 heterocycles. The van der Waals surface area contributed by atoms with Gasteiger partial charge in [-0.1, -0.05) is 31.4 Å². The molecule has 0 atom stereocenters. The molecule has 2 heteroatoms. The van der Waals surface area contributed by atoms with Crippen molar-refractivity contribution in [3.8, 4) is 0 Å². The highest BCUT2D eigenvalue weighted by Gasteiger charge is 2.20. The Kier molecular flexibility index (Phi) is 2.20. The number of rotatable bonds is 1. The summed E-state index contributed by atoms with van der Waals surface area (Å²) in [6.07, 6.45) is 6.50. The van der Waals surface area contributed by atoms with E-state index in [9.17, 15) is 0 Å². The molecule has 3 rings (SSSR count). The fourth-order valence-corrected chi connectivity index (χ4v) is 2.41. The first-order valence-corrected chi connectivity index (χ1v) is 5.79. The minimum absolute atomic E-state index is 0.561. The predicted octanol–water partition coefficient (Wildman–Crippen LogP) is 3.88. The SMILES string of the molecule is c1ccc2oc(C3CCCCC3)nc2c1. The van der Waals surface area contributed by atoms with E-state index in [0.717, 1.165) is 17.0 Å². The number of fused-ring (bicyclic) bond motifs is 1. The average Bonchev–Trinajstić information content (AvgIpc) is 2.74. The molecule has 0 bridgehead atoms. The summed E-state index contributed by atoms with van der Waals surface area (Å²) >= 11 is 0. The van der Waals surface area contributed by atoms with Gasteiger partial charge in [0, 0.05) is 5.92 Å². The number of oxazole rings is 1. The zero-order valence-electron chi connectivity index (χ0n) is 8.78. The predicted molar refractivity (Wildman–Crippen MR) is 59.8 cm³/mol. The number of nitrogens with zero attached hydrogens (tertiary/aromatic N) is 1. The molecule has 0 radical (unpaired) electrons. The zero-order valence-corrected chi connectivity index (χ0v) is 8.78. The molecular formula is C13H15NO. The van der Waals surface area contributed by atoms with Crippen LogP contribution >= 0.6 is 0 Å². The number of benzene rings is 1. The van der Waals surface area contributed by atoms with Gasteiger partial charge in [-0.3, -0.25) is 0 Å². The van der Waals surface area contributed by atoms with E-state index in [1.807, 2.05) is 24.3 Å². The Balaban J connectivity index is 1.96. The fourth-order valence-electron chi connectivity index (χ4n) is 2.41. The molecule has 78 valence electrons. The maximum absolute atomic E-state index is 5.80. The molecule has 1 aromatic heterocycles. The van der Waals surface area contributed by atoms with E-state index in [2.05, 4.69) is 4.98 Å². The summed E-state index contributed by atoms with van der Waals surface area (Å²) in [5.74, 6) is 1.52. The highest BCUT2D eigenvalue weighted by atomic mass is 16.3. The van der Waals surface area contributed by atoms with E-state index in [4.69, 9.17) is 4.42 Å². The third-order valence-corrected chi connectivity index (χ3v) is 3.26. The van der Waals surface area contributed by atoms with Gasteiger partial charge in [-0.25, -0.2) is 4.98 Å². The average molecular weight is 201 g/mol. The van der Waals surface area contributed by atoms with Crippen LogP contribution in [0.5, 0.6) is 0 Å². The van der Waals surface area contributed by atoms with Crippen molar-refractivity contribution in [2.24, 2.45) is 0 Å². The summed E-state index contributed by atoms with van der Waals surface area (Å²) in [5.41, 5.74) is 1.93. The minimum atomic E-state index is 0.561. The number of hydrogen-bond donors (Lipinski definition) is 0. The molecule has 0 saturated heterocycles. The first kappa shape index (κ1) is 8.96. The number of aromatic nitrogens is 1. The van der Waals surface area contributed by atoms with Crippen molar-refractivity contribution in [2.75, 3.05) is 0 Å². The lowest BCUT2D eigenvalue weighted by atomic mass is 9.89. The van der Waals surface area contributed by atoms with E-state index < -0.39 is 0 Å². The minimum Gasteiger partial charge on any atom is -0.440 e. The van der Waals surface area contributed by atoms with Gasteiger partial charge in [0.1, 0.15) is 5.52 Å². The summed E-state index contributed by atoms with van der Waals surface area (Å²) in [7, 11) is 0. The van der Waals surface area contributed by atoms with Crippen LogP contribution in [0.25, 0.3) is 11.1 Å². The first-order chi connectivity index (χ1) is 7.43. The van der Waals surface area contributed by atoms with Crippen LogP contribution in [0.1, 0.15) is 43.9 Å². The second-order valence-corrected chi connectivity index (χ2v) is 4.35. The summed E-state index contributed by atoms with van der Waals surface area (Å²) in [6.45, 7) is 0. The summed E-state index contributed by atoms with van der Waals surface area (Å²) < 4.78 is 5.80. The van der Waals surface area contributed by atoms with Gasteiger partial charge in [-0.15, -0.1) is 0 Å². The van der Waals surface area contributed by atoms with Gasteiger partial charge in [0.05, 0.1) is 0 Å². The van der Waals surface area contributed by atoms with Crippen molar-refractivity contribution in [1.29, 1.82) is 0 Å². The Morgan fingerprint density at radius 2 is 1.87 bits per heavy atom. The topological polar surface area (TPSA) is 26.0 Å². The van der Waals surface area contributed by atoms with E-state index in [1.54, 1.807) is 0 Å². The normalized spacial score (nSPS) is 18.4. The van der Waals surface area contributed by atoms with Crippen LogP contribution in [0, 0.1) is 0 Å². The second kappa shape index (κ2) is 3.69. The van der Waals surface area contributed by atoms with Crippen LogP contribution in [-0.4, -0.2) is 4.98 Å². The molecule has 1 aliphatic carbocycles. The Labute approximate surface area is 89.3 Å². The lowest BCUT2D eigenvalue weighted by Crippen LogP contribution is -2.04. The quantitative estimate of drug-likeness (QED) is 0.699. The molecule has 1 aliphatic rings. The van der Waals surface area contributed by atoms with E-state index >= 15 is 0 Å². The first-order valence-electron chi connectivity index (χ1n) is 5.79. The lowest BCUT2D eigenvalue weighted by molar-refractivity contribution is 0.373. The molecule has 0 spiro atoms. The van der Waals surface area contributed by atoms with Crippen LogP contribution in [-0.2, 0) is 0 Å². The van der Waals surface area contributed by atoms with E-state index in [0.29, 0.717) is 5.92 Å². The van der Waals surface area contributed by atoms with Crippen molar-refractivity contribution in [1.82, 2.24) is 4.98 Å². The molecule has 1 aromatic carbocycles. The van der Waals surface area contributed by atoms with Gasteiger partial charge in [0.25, 0.3) is 0 Å². The molecule has 0 N–H and O–H groups in total. The Morgan fingerprint density at radius 3 is 2.67 bits per heavy atom. The third-order valence-electron chi connectivity index (χ3n) is 3.26. The molecule has 0 amide bonds. The van der Waals surface area contributed by atoms with Crippen LogP contribution in [0.2, 0.25) is 0 Å². The van der Waals surface area contributed by atoms with E-state index in [1.165, 1.54) is 32.1 Å². The largest absolute Gasteiger partial charge is 0.440 e. The monoisotopic (exact) mass is 201 g/mol. The maximum atomic E-state index is 5.80. The summed E-state index contributed by atoms with van der Waals surface area (Å²) in [4.78, 5) is 4.57. The van der Waals surface area contributed by atoms with Gasteiger partial charge < -0.3 is 4.42 Å². The van der Waals surface area contributed by atoms with Gasteiger partial charge in [-0.05, 0) is 25.0 Å². The maximum Gasteiger partial charge on any atom is 0.198 e. The highest BCUT2D eigenvalue weighted by molar-refractivity contribution is 5.72. The molecule has 0 aliphatic heterocycles. The van der Waals surface area contributed by atoms with Crippen molar-refractivity contribution >= 4 is 11.1 Å². The smallest absolute Gasteiger partial charge is 0.198 e. The Bertz CT molecular complexity index is 421. The van der Waals surface area contributed by atoms with Crippen molar-refractivity contribution in [3.05, 3.63) is 30.2 Å². The molecule has 1 fully saturated rings. The Hall–Kier alpha value is -1.31. The van der Waals surface area contributed by atoms with Crippen molar-refractivity contribution in [2.45, 2.75) is 38.0 Å². The molecule has 15 heavy (non-hydrogen) atoms. The van der Waals surface area contributed by atoms with E-state index in [-0.39, 0.29) is 0 Å². The van der Waals surface area contributed by atoms with Crippen LogP contribution < -0.4 is 0 Å². The zero-order chi connectivity index (χ0) is 10.1. The van der Waals surface area contributed by atoms with Gasteiger partial charge in [0.15, 0.2) is 11.5 Å². The molecule has 1 saturated carbocycles. The van der Waals surface area contributed by atoms with Gasteiger partial charge >= 0.3 is 0 Å². The molecule has 0 unspecified atom stereocenters. The Morgan fingerprint density at radius 1 is 1.07 bits per heavy atom. The highest BCUT2D eigenvalue weighted by Crippen LogP contribution is 2.33. The van der Waals surface area contributed by atoms with Gasteiger partial charge in [0.2, 0.25) is 0 Å². The molecule has 2 nitrogen and oxygen atoms in total. The van der Waals surface area contributed by atoms with Crippen molar-refractivity contribution < 1.29 is 4.42 Å². The van der Waals surface area contributed by atoms with Crippen LogP contribution in [0.4, 0.5) is 0 Å². The number of hydrogen-bond acceptors (Lipinski definition) is 2. The number of para-hydroxylation sites is 2. The fraction of sp³-hybridized carbons (Fsp3) is 0.462. The van der Waals surface area contributed by atoms with Crippen LogP contribution in [0.3, 0.4) is 0 Å². The third kappa shape index (κ3) is 1.65. The molecular weight excluding hydrogens is 186 g/mol. The molecule has 2 aromatic rings. The van der Waals surface area contributed by atoms with Crippen molar-refractivity contribution in [3.63, 3.8) is 0 Å². The van der Waals surface area contributed by atoms with Gasteiger partial charge in [-0.2, -0.15) is 0 Å². The standard InChI is InChI=1S/C13H15NO/c1-2-6-10(7-3-1)13-14-11-8-4-5-9-12(11)15-13/h4-5,8-10H,1-3,6-7H2. The summed E-state index contributed by atoms with van der Waals surface area (Å²) in [5, 5.41) is 0. The summed E-state index contributed by atoms with van der Waals surface area (Å²) in [6, 6.07) is 8.02. The van der Waals surface area contributed by atoms with Crippen LogP contribution in [0.15, 0.2) is 28.7 Å².